The van der Waals surface area contributed by atoms with Crippen molar-refractivity contribution in [1.82, 2.24) is 0 Å². The number of anilines is 2. The van der Waals surface area contributed by atoms with Gasteiger partial charge >= 0.3 is 0 Å². The van der Waals surface area contributed by atoms with Crippen LogP contribution >= 0.6 is 0 Å². The van der Waals surface area contributed by atoms with Gasteiger partial charge in [0, 0.05) is 63.9 Å². The second-order valence-electron chi connectivity index (χ2n) is 7.66. The van der Waals surface area contributed by atoms with E-state index in [1.54, 1.807) is 0 Å². The first-order chi connectivity index (χ1) is 17.9. The molecule has 2 aliphatic carbocycles. The van der Waals surface area contributed by atoms with E-state index in [1.807, 2.05) is 60.7 Å². The first kappa shape index (κ1) is 31.4. The molecule has 0 aromatic heterocycles. The Morgan fingerprint density at radius 2 is 0.897 bits per heavy atom. The summed E-state index contributed by atoms with van der Waals surface area (Å²) >= 11 is 0. The number of benzene rings is 2. The van der Waals surface area contributed by atoms with Crippen LogP contribution in [0.15, 0.2) is 130 Å². The molecule has 0 bridgehead atoms. The number of allylic oxidation sites excluding steroid dienone is 8. The maximum Gasteiger partial charge on any atom is 0.294 e. The second-order valence-corrected chi connectivity index (χ2v) is 10.5. The molecule has 0 aliphatic heterocycles. The molecule has 0 saturated carbocycles. The van der Waals surface area contributed by atoms with E-state index in [1.165, 1.54) is 36.7 Å². The smallest absolute Gasteiger partial charge is 0.294 e. The molecule has 0 atom stereocenters. The van der Waals surface area contributed by atoms with Crippen LogP contribution in [0.5, 0.6) is 0 Å². The minimum absolute atomic E-state index is 0. The van der Waals surface area contributed by atoms with E-state index in [-0.39, 0.29) is 16.8 Å². The van der Waals surface area contributed by atoms with Crippen molar-refractivity contribution in [2.75, 3.05) is 10.6 Å². The average Bonchev–Trinajstić information content (AvgIpc) is 2.88. The molecule has 205 valence electrons. The summed E-state index contributed by atoms with van der Waals surface area (Å²) in [5, 5.41) is 5.85. The Hall–Kier alpha value is -3.85. The van der Waals surface area contributed by atoms with Crippen molar-refractivity contribution in [3.8, 4) is 0 Å². The third kappa shape index (κ3) is 9.75. The molecular formula is C26H22CoN2O8S2. The van der Waals surface area contributed by atoms with Crippen LogP contribution in [0.1, 0.15) is 0 Å². The summed E-state index contributed by atoms with van der Waals surface area (Å²) in [5.74, 6) is -0.975. The Morgan fingerprint density at radius 3 is 1.18 bits per heavy atom. The molecule has 4 rings (SSSR count). The zero-order chi connectivity index (χ0) is 27.8. The number of carbonyl (C=O) groups excluding carboxylic acids is 2. The van der Waals surface area contributed by atoms with Gasteiger partial charge in [0.15, 0.2) is 11.6 Å². The van der Waals surface area contributed by atoms with Crippen LogP contribution in [-0.2, 0) is 46.6 Å². The van der Waals surface area contributed by atoms with Crippen LogP contribution < -0.4 is 10.6 Å². The van der Waals surface area contributed by atoms with E-state index >= 15 is 0 Å². The SMILES string of the molecule is O=C1C=C(S(=O)(=O)O)C=C/C1=C/Nc1ccccc1.O=C1C=C(S(=O)(=O)O)C=C/C1=C/Nc1ccccc1.[Co]. The third-order valence-electron chi connectivity index (χ3n) is 4.90. The number of hydrogen-bond donors (Lipinski definition) is 4. The largest absolute Gasteiger partial charge is 0.361 e. The number of para-hydroxylation sites is 2. The molecule has 0 fully saturated rings. The number of carbonyl (C=O) groups is 2. The van der Waals surface area contributed by atoms with E-state index in [0.29, 0.717) is 11.1 Å². The van der Waals surface area contributed by atoms with E-state index in [0.717, 1.165) is 23.5 Å². The fourth-order valence-corrected chi connectivity index (χ4v) is 3.97. The predicted octanol–water partition coefficient (Wildman–Crippen LogP) is 3.78. The van der Waals surface area contributed by atoms with Crippen LogP contribution in [-0.4, -0.2) is 37.5 Å². The summed E-state index contributed by atoms with van der Waals surface area (Å²) in [6.45, 7) is 0. The average molecular weight is 614 g/mol. The van der Waals surface area contributed by atoms with Gasteiger partial charge in [-0.3, -0.25) is 18.7 Å². The van der Waals surface area contributed by atoms with Crippen molar-refractivity contribution >= 4 is 43.2 Å². The van der Waals surface area contributed by atoms with Gasteiger partial charge in [0.1, 0.15) is 0 Å². The standard InChI is InChI=1S/2C13H11NO4S.Co/c2*15-13-8-12(19(16,17)18)7-6-10(13)9-14-11-4-2-1-3-5-11;/h2*1-9,14H,(H,16,17,18);/b2*10-9-;. The monoisotopic (exact) mass is 613 g/mol. The molecule has 1 radical (unpaired) electrons. The van der Waals surface area contributed by atoms with Crippen LogP contribution in [0.25, 0.3) is 0 Å². The van der Waals surface area contributed by atoms with E-state index in [9.17, 15) is 26.4 Å². The van der Waals surface area contributed by atoms with Crippen LogP contribution in [0.3, 0.4) is 0 Å². The van der Waals surface area contributed by atoms with Crippen LogP contribution in [0.4, 0.5) is 11.4 Å². The Balaban J connectivity index is 0.000000267. The number of nitrogens with one attached hydrogen (secondary N) is 2. The van der Waals surface area contributed by atoms with Gasteiger partial charge in [-0.25, -0.2) is 0 Å². The molecule has 10 nitrogen and oxygen atoms in total. The Labute approximate surface area is 235 Å². The van der Waals surface area contributed by atoms with E-state index in [2.05, 4.69) is 10.6 Å². The van der Waals surface area contributed by atoms with Crippen LogP contribution in [0, 0.1) is 0 Å². The number of rotatable bonds is 6. The zero-order valence-corrected chi connectivity index (χ0v) is 22.6. The Kier molecular flexibility index (Phi) is 11.1. The molecule has 0 amide bonds. The summed E-state index contributed by atoms with van der Waals surface area (Å²) in [6, 6.07) is 18.4. The van der Waals surface area contributed by atoms with Gasteiger partial charge in [-0.05, 0) is 48.6 Å². The van der Waals surface area contributed by atoms with Gasteiger partial charge < -0.3 is 10.6 Å². The molecule has 0 unspecified atom stereocenters. The van der Waals surface area contributed by atoms with Gasteiger partial charge in [-0.2, -0.15) is 16.8 Å². The third-order valence-corrected chi connectivity index (χ3v) is 6.60. The molecule has 0 saturated heterocycles. The fourth-order valence-electron chi connectivity index (χ4n) is 2.98. The molecule has 4 N–H and O–H groups in total. The van der Waals surface area contributed by atoms with Gasteiger partial charge in [0.05, 0.1) is 9.81 Å². The van der Waals surface area contributed by atoms with Gasteiger partial charge in [0.25, 0.3) is 20.2 Å². The van der Waals surface area contributed by atoms with Crippen molar-refractivity contribution in [3.63, 3.8) is 0 Å². The summed E-state index contributed by atoms with van der Waals surface area (Å²) in [4.78, 5) is 22.5. The Morgan fingerprint density at radius 1 is 0.564 bits per heavy atom. The van der Waals surface area contributed by atoms with Crippen molar-refractivity contribution < 1.29 is 52.3 Å². The van der Waals surface area contributed by atoms with Gasteiger partial charge in [-0.1, -0.05) is 36.4 Å². The second kappa shape index (κ2) is 13.8. The molecule has 2 aliphatic rings. The number of hydrogen-bond acceptors (Lipinski definition) is 8. The topological polar surface area (TPSA) is 167 Å². The van der Waals surface area contributed by atoms with Crippen molar-refractivity contribution in [2.24, 2.45) is 0 Å². The maximum atomic E-state index is 11.7. The summed E-state index contributed by atoms with van der Waals surface area (Å²) in [5.41, 5.74) is 2.22. The summed E-state index contributed by atoms with van der Waals surface area (Å²) < 4.78 is 61.1. The quantitative estimate of drug-likeness (QED) is 0.278. The molecule has 2 aromatic rings. The van der Waals surface area contributed by atoms with Gasteiger partial charge in [0.2, 0.25) is 0 Å². The van der Waals surface area contributed by atoms with E-state index < -0.39 is 41.6 Å². The van der Waals surface area contributed by atoms with Crippen LogP contribution in [0.2, 0.25) is 0 Å². The maximum absolute atomic E-state index is 11.7. The minimum atomic E-state index is -4.34. The van der Waals surface area contributed by atoms with Crippen molar-refractivity contribution in [2.45, 2.75) is 0 Å². The van der Waals surface area contributed by atoms with Crippen molar-refractivity contribution in [3.05, 3.63) is 130 Å². The van der Waals surface area contributed by atoms with Crippen molar-refractivity contribution in [1.29, 1.82) is 0 Å². The molecule has 13 heteroatoms. The van der Waals surface area contributed by atoms with Gasteiger partial charge in [-0.15, -0.1) is 0 Å². The molecule has 0 heterocycles. The fraction of sp³-hybridized carbons (Fsp3) is 0. The normalized spacial score (nSPS) is 17.0. The minimum Gasteiger partial charge on any atom is -0.361 e. The first-order valence-electron chi connectivity index (χ1n) is 10.8. The molecule has 2 aromatic carbocycles. The summed E-state index contributed by atoms with van der Waals surface area (Å²) in [6.07, 6.45) is 9.74. The molecular weight excluding hydrogens is 591 g/mol. The molecule has 39 heavy (non-hydrogen) atoms. The Bertz CT molecular complexity index is 1500. The predicted molar refractivity (Wildman–Crippen MR) is 144 cm³/mol. The van der Waals surface area contributed by atoms with E-state index in [4.69, 9.17) is 9.11 Å². The molecule has 0 spiro atoms. The number of ketones is 2. The summed E-state index contributed by atoms with van der Waals surface area (Å²) in [7, 11) is -8.69. The first-order valence-corrected chi connectivity index (χ1v) is 13.7. The zero-order valence-electron chi connectivity index (χ0n) is 19.9.